The maximum atomic E-state index is 11.2. The Morgan fingerprint density at radius 2 is 2.00 bits per heavy atom. The maximum absolute atomic E-state index is 11.2. The van der Waals surface area contributed by atoms with Crippen molar-refractivity contribution in [2.45, 2.75) is 42.5 Å². The number of furan rings is 1. The normalized spacial score (nSPS) is 20.2. The summed E-state index contributed by atoms with van der Waals surface area (Å²) < 4.78 is 18.5. The highest BCUT2D eigenvalue weighted by Gasteiger charge is 2.27. The number of aliphatic carboxylic acids is 1. The fourth-order valence-corrected chi connectivity index (χ4v) is 5.42. The molecule has 9 heteroatoms. The molecule has 1 saturated carbocycles. The number of thioether (sulfide) groups is 1. The Balaban J connectivity index is 1.39. The van der Waals surface area contributed by atoms with Crippen LogP contribution in [0.3, 0.4) is 0 Å². The van der Waals surface area contributed by atoms with Crippen molar-refractivity contribution in [1.82, 2.24) is 9.55 Å². The molecule has 0 saturated heterocycles. The van der Waals surface area contributed by atoms with E-state index in [0.29, 0.717) is 46.9 Å². The van der Waals surface area contributed by atoms with Crippen LogP contribution in [0.5, 0.6) is 11.5 Å². The molecule has 162 valence electrons. The van der Waals surface area contributed by atoms with Crippen LogP contribution in [0.1, 0.15) is 31.2 Å². The summed E-state index contributed by atoms with van der Waals surface area (Å²) in [6.07, 6.45) is 6.81. The summed E-state index contributed by atoms with van der Waals surface area (Å²) in [5, 5.41) is 11.1. The third-order valence-electron chi connectivity index (χ3n) is 5.69. The topological polar surface area (TPSA) is 86.7 Å². The Labute approximate surface area is 188 Å². The number of ether oxygens (including phenoxy) is 2. The number of fused-ring (bicyclic) bond motifs is 1. The molecule has 0 bridgehead atoms. The van der Waals surface area contributed by atoms with E-state index in [2.05, 4.69) is 0 Å². The zero-order valence-corrected chi connectivity index (χ0v) is 18.2. The number of nitrogens with zero attached hydrogens (tertiary/aromatic N) is 2. The number of carboxylic acid groups (broad SMARTS) is 1. The lowest BCUT2D eigenvalue weighted by atomic mass is 9.89. The monoisotopic (exact) mass is 460 g/mol. The summed E-state index contributed by atoms with van der Waals surface area (Å²) >= 11 is 8.19. The molecule has 0 amide bonds. The number of hydrogen-bond donors (Lipinski definition) is 1. The van der Waals surface area contributed by atoms with E-state index in [9.17, 15) is 9.90 Å². The van der Waals surface area contributed by atoms with E-state index in [0.717, 1.165) is 29.3 Å². The molecule has 0 atom stereocenters. The van der Waals surface area contributed by atoms with E-state index >= 15 is 0 Å². The van der Waals surface area contributed by atoms with Crippen LogP contribution in [0.4, 0.5) is 0 Å². The lowest BCUT2D eigenvalue weighted by molar-refractivity contribution is -0.142. The Kier molecular flexibility index (Phi) is 5.58. The molecule has 2 aromatic heterocycles. The van der Waals surface area contributed by atoms with Crippen molar-refractivity contribution in [3.63, 3.8) is 0 Å². The van der Waals surface area contributed by atoms with Crippen molar-refractivity contribution < 1.29 is 23.8 Å². The minimum absolute atomic E-state index is 0.197. The van der Waals surface area contributed by atoms with Gasteiger partial charge in [-0.25, -0.2) is 4.98 Å². The van der Waals surface area contributed by atoms with Crippen molar-refractivity contribution in [3.8, 4) is 23.1 Å². The van der Waals surface area contributed by atoms with E-state index in [1.807, 2.05) is 29.0 Å². The molecule has 2 aliphatic rings. The number of aromatic nitrogens is 2. The Morgan fingerprint density at radius 1 is 1.23 bits per heavy atom. The second-order valence-electron chi connectivity index (χ2n) is 7.73. The molecule has 1 aliphatic carbocycles. The molecule has 0 radical (unpaired) electrons. The third-order valence-corrected chi connectivity index (χ3v) is 7.28. The summed E-state index contributed by atoms with van der Waals surface area (Å²) in [4.78, 5) is 16.0. The molecule has 0 unspecified atom stereocenters. The number of rotatable bonds is 6. The molecule has 1 aliphatic heterocycles. The SMILES string of the molecule is O=C(O)C1CCC(Sc2cn(Cc3cc4c(cc3Cl)OCO4)c(-c3ccco3)n2)CC1. The fraction of sp³-hybridized carbons (Fsp3) is 0.364. The van der Waals surface area contributed by atoms with Crippen molar-refractivity contribution in [2.24, 2.45) is 5.92 Å². The minimum Gasteiger partial charge on any atom is -0.481 e. The van der Waals surface area contributed by atoms with Gasteiger partial charge in [0.25, 0.3) is 0 Å². The van der Waals surface area contributed by atoms with E-state index in [-0.39, 0.29) is 12.7 Å². The molecule has 31 heavy (non-hydrogen) atoms. The van der Waals surface area contributed by atoms with Crippen LogP contribution in [0.15, 0.2) is 46.2 Å². The molecule has 0 spiro atoms. The number of hydrogen-bond acceptors (Lipinski definition) is 6. The van der Waals surface area contributed by atoms with Gasteiger partial charge in [-0.2, -0.15) is 0 Å². The Morgan fingerprint density at radius 3 is 2.71 bits per heavy atom. The number of carboxylic acids is 1. The summed E-state index contributed by atoms with van der Waals surface area (Å²) in [6, 6.07) is 7.39. The molecular formula is C22H21ClN2O5S. The van der Waals surface area contributed by atoms with Crippen LogP contribution in [-0.4, -0.2) is 32.7 Å². The first-order chi connectivity index (χ1) is 15.1. The molecule has 1 aromatic carbocycles. The standard InChI is InChI=1S/C22H21ClN2O5S/c23-16-9-19-18(29-12-30-19)8-14(16)10-25-11-20(24-21(25)17-2-1-7-28-17)31-15-5-3-13(4-6-15)22(26)27/h1-2,7-9,11,13,15H,3-6,10,12H2,(H,26,27). The first-order valence-corrected chi connectivity index (χ1v) is 11.4. The van der Waals surface area contributed by atoms with Crippen LogP contribution in [-0.2, 0) is 11.3 Å². The number of carbonyl (C=O) groups is 1. The van der Waals surface area contributed by atoms with Crippen molar-refractivity contribution >= 4 is 29.3 Å². The van der Waals surface area contributed by atoms with Gasteiger partial charge in [0.05, 0.1) is 18.7 Å². The van der Waals surface area contributed by atoms with Gasteiger partial charge in [0.15, 0.2) is 23.1 Å². The van der Waals surface area contributed by atoms with Gasteiger partial charge in [-0.3, -0.25) is 4.79 Å². The predicted molar refractivity (Wildman–Crippen MR) is 116 cm³/mol. The zero-order chi connectivity index (χ0) is 21.4. The molecule has 5 rings (SSSR count). The maximum Gasteiger partial charge on any atom is 0.306 e. The van der Waals surface area contributed by atoms with E-state index in [4.69, 9.17) is 30.5 Å². The van der Waals surface area contributed by atoms with Crippen LogP contribution < -0.4 is 9.47 Å². The minimum atomic E-state index is -0.687. The van der Waals surface area contributed by atoms with Crippen LogP contribution in [0, 0.1) is 5.92 Å². The number of benzene rings is 1. The highest BCUT2D eigenvalue weighted by atomic mass is 35.5. The van der Waals surface area contributed by atoms with Gasteiger partial charge < -0.3 is 23.6 Å². The molecule has 3 aromatic rings. The smallest absolute Gasteiger partial charge is 0.306 e. The summed E-state index contributed by atoms with van der Waals surface area (Å²) in [7, 11) is 0. The molecule has 3 heterocycles. The van der Waals surface area contributed by atoms with Gasteiger partial charge >= 0.3 is 5.97 Å². The third kappa shape index (κ3) is 4.27. The van der Waals surface area contributed by atoms with Gasteiger partial charge in [0, 0.05) is 22.5 Å². The van der Waals surface area contributed by atoms with E-state index in [1.165, 1.54) is 0 Å². The second kappa shape index (κ2) is 8.51. The molecular weight excluding hydrogens is 440 g/mol. The highest BCUT2D eigenvalue weighted by molar-refractivity contribution is 7.99. The summed E-state index contributed by atoms with van der Waals surface area (Å²) in [5.74, 6) is 1.83. The van der Waals surface area contributed by atoms with Gasteiger partial charge in [-0.1, -0.05) is 11.6 Å². The first kappa shape index (κ1) is 20.3. The van der Waals surface area contributed by atoms with Gasteiger partial charge in [-0.15, -0.1) is 11.8 Å². The average molecular weight is 461 g/mol. The van der Waals surface area contributed by atoms with Crippen LogP contribution >= 0.6 is 23.4 Å². The van der Waals surface area contributed by atoms with Crippen LogP contribution in [0.25, 0.3) is 11.6 Å². The predicted octanol–water partition coefficient (Wildman–Crippen LogP) is 5.31. The van der Waals surface area contributed by atoms with Gasteiger partial charge in [-0.05, 0) is 49.4 Å². The zero-order valence-electron chi connectivity index (χ0n) is 16.6. The quantitative estimate of drug-likeness (QED) is 0.533. The summed E-state index contributed by atoms with van der Waals surface area (Å²) in [5.41, 5.74) is 0.898. The van der Waals surface area contributed by atoms with Crippen molar-refractivity contribution in [1.29, 1.82) is 0 Å². The Hall–Kier alpha value is -2.58. The molecule has 7 nitrogen and oxygen atoms in total. The summed E-state index contributed by atoms with van der Waals surface area (Å²) in [6.45, 7) is 0.702. The lowest BCUT2D eigenvalue weighted by Gasteiger charge is -2.24. The first-order valence-electron chi connectivity index (χ1n) is 10.2. The molecule has 1 fully saturated rings. The average Bonchev–Trinajstić information content (AvgIpc) is 3.50. The highest BCUT2D eigenvalue weighted by Crippen LogP contribution is 2.39. The lowest BCUT2D eigenvalue weighted by Crippen LogP contribution is -2.22. The second-order valence-corrected chi connectivity index (χ2v) is 9.46. The number of halogens is 1. The fourth-order valence-electron chi connectivity index (χ4n) is 4.03. The van der Waals surface area contributed by atoms with E-state index < -0.39 is 5.97 Å². The number of imidazole rings is 1. The van der Waals surface area contributed by atoms with E-state index in [1.54, 1.807) is 24.1 Å². The van der Waals surface area contributed by atoms with Crippen LogP contribution in [0.2, 0.25) is 5.02 Å². The largest absolute Gasteiger partial charge is 0.481 e. The Bertz CT molecular complexity index is 1090. The van der Waals surface area contributed by atoms with Crippen molar-refractivity contribution in [2.75, 3.05) is 6.79 Å². The van der Waals surface area contributed by atoms with Gasteiger partial charge in [0.1, 0.15) is 5.03 Å². The van der Waals surface area contributed by atoms with Crippen molar-refractivity contribution in [3.05, 3.63) is 47.3 Å². The molecule has 1 N–H and O–H groups in total. The van der Waals surface area contributed by atoms with Gasteiger partial charge in [0.2, 0.25) is 6.79 Å².